The molecule has 0 bridgehead atoms. The molecule has 0 aliphatic carbocycles. The van der Waals surface area contributed by atoms with E-state index in [0.717, 1.165) is 40.1 Å². The van der Waals surface area contributed by atoms with Crippen LogP contribution in [0.3, 0.4) is 0 Å². The van der Waals surface area contributed by atoms with Crippen molar-refractivity contribution in [2.24, 2.45) is 0 Å². The van der Waals surface area contributed by atoms with Gasteiger partial charge in [0.15, 0.2) is 0 Å². The Bertz CT molecular complexity index is 1140. The highest BCUT2D eigenvalue weighted by molar-refractivity contribution is 6.30. The van der Waals surface area contributed by atoms with E-state index in [4.69, 9.17) is 28.9 Å². The lowest BCUT2D eigenvalue weighted by atomic mass is 9.89. The maximum atomic E-state index is 9.77. The Labute approximate surface area is 179 Å². The van der Waals surface area contributed by atoms with Crippen LogP contribution in [0.4, 0.5) is 5.82 Å². The Morgan fingerprint density at radius 3 is 2.28 bits per heavy atom. The largest absolute Gasteiger partial charge is 0.383 e. The fourth-order valence-corrected chi connectivity index (χ4v) is 3.93. The first-order chi connectivity index (χ1) is 14.0. The second-order valence-electron chi connectivity index (χ2n) is 7.09. The van der Waals surface area contributed by atoms with Crippen molar-refractivity contribution >= 4 is 40.7 Å². The predicted molar refractivity (Wildman–Crippen MR) is 119 cm³/mol. The summed E-state index contributed by atoms with van der Waals surface area (Å²) < 4.78 is 0. The van der Waals surface area contributed by atoms with E-state index in [-0.39, 0.29) is 5.82 Å². The highest BCUT2D eigenvalue weighted by Crippen LogP contribution is 2.38. The van der Waals surface area contributed by atoms with Crippen molar-refractivity contribution < 1.29 is 0 Å². The Hall–Kier alpha value is -2.84. The summed E-state index contributed by atoms with van der Waals surface area (Å²) in [5.74, 6) is 0.239. The maximum absolute atomic E-state index is 9.77. The minimum Gasteiger partial charge on any atom is -0.383 e. The van der Waals surface area contributed by atoms with Crippen LogP contribution in [0, 0.1) is 11.3 Å². The molecule has 0 saturated carbocycles. The Morgan fingerprint density at radius 1 is 1.03 bits per heavy atom. The van der Waals surface area contributed by atoms with Gasteiger partial charge in [-0.2, -0.15) is 5.26 Å². The van der Waals surface area contributed by atoms with Crippen LogP contribution in [-0.4, -0.2) is 23.5 Å². The van der Waals surface area contributed by atoms with Crippen LogP contribution in [0.5, 0.6) is 0 Å². The van der Waals surface area contributed by atoms with Crippen LogP contribution in [0.2, 0.25) is 10.0 Å². The summed E-state index contributed by atoms with van der Waals surface area (Å²) in [7, 11) is 2.05. The number of benzene rings is 2. The quantitative estimate of drug-likeness (QED) is 0.594. The maximum Gasteiger partial charge on any atom is 0.142 e. The average molecular weight is 421 g/mol. The number of rotatable bonds is 2. The number of nitrogens with two attached hydrogens (primary N) is 1. The second kappa shape index (κ2) is 7.88. The van der Waals surface area contributed by atoms with Crippen molar-refractivity contribution in [3.05, 3.63) is 81.0 Å². The molecule has 3 aromatic rings. The zero-order valence-electron chi connectivity index (χ0n) is 15.8. The monoisotopic (exact) mass is 420 g/mol. The number of hydrogen-bond acceptors (Lipinski definition) is 4. The van der Waals surface area contributed by atoms with Gasteiger partial charge in [-0.15, -0.1) is 0 Å². The molecule has 4 nitrogen and oxygen atoms in total. The molecule has 0 amide bonds. The molecule has 0 atom stereocenters. The minimum atomic E-state index is 0.239. The van der Waals surface area contributed by atoms with Crippen LogP contribution in [0.15, 0.2) is 48.5 Å². The molecule has 2 N–H and O–H groups in total. The molecule has 2 heterocycles. The number of aromatic nitrogens is 1. The topological polar surface area (TPSA) is 65.9 Å². The summed E-state index contributed by atoms with van der Waals surface area (Å²) in [4.78, 5) is 6.82. The van der Waals surface area contributed by atoms with Gasteiger partial charge in [0.1, 0.15) is 17.5 Å². The van der Waals surface area contributed by atoms with Crippen molar-refractivity contribution in [2.75, 3.05) is 19.3 Å². The van der Waals surface area contributed by atoms with Gasteiger partial charge in [0.25, 0.3) is 0 Å². The third-order valence-electron chi connectivity index (χ3n) is 4.95. The summed E-state index contributed by atoms with van der Waals surface area (Å²) in [6.45, 7) is 1.40. The lowest BCUT2D eigenvalue weighted by Gasteiger charge is -2.29. The number of likely N-dealkylation sites (N-methyl/N-ethyl adjacent to an activating group) is 1. The number of nitrogen functional groups attached to an aromatic ring is 1. The molecular formula is C23H18Cl2N4. The van der Waals surface area contributed by atoms with Crippen molar-refractivity contribution in [2.45, 2.75) is 6.54 Å². The van der Waals surface area contributed by atoms with E-state index in [2.05, 4.69) is 22.0 Å². The molecular weight excluding hydrogens is 403 g/mol. The fourth-order valence-electron chi connectivity index (χ4n) is 3.67. The third kappa shape index (κ3) is 3.86. The summed E-state index contributed by atoms with van der Waals surface area (Å²) in [5, 5.41) is 11.1. The molecule has 1 aliphatic rings. The van der Waals surface area contributed by atoms with E-state index in [1.807, 2.05) is 55.6 Å². The molecule has 2 aromatic carbocycles. The molecule has 0 fully saturated rings. The molecule has 0 saturated heterocycles. The molecule has 1 aromatic heterocycles. The first kappa shape index (κ1) is 19.5. The van der Waals surface area contributed by atoms with Gasteiger partial charge in [-0.05, 0) is 54.1 Å². The first-order valence-electron chi connectivity index (χ1n) is 9.09. The first-order valence-corrected chi connectivity index (χ1v) is 9.85. The molecule has 0 radical (unpaired) electrons. The smallest absolute Gasteiger partial charge is 0.142 e. The Kier molecular flexibility index (Phi) is 5.29. The second-order valence-corrected chi connectivity index (χ2v) is 7.96. The molecule has 0 spiro atoms. The van der Waals surface area contributed by atoms with Crippen molar-refractivity contribution in [3.8, 4) is 17.2 Å². The van der Waals surface area contributed by atoms with E-state index in [1.165, 1.54) is 0 Å². The van der Waals surface area contributed by atoms with Gasteiger partial charge in [-0.3, -0.25) is 4.90 Å². The van der Waals surface area contributed by atoms with Crippen LogP contribution in [0.1, 0.15) is 22.4 Å². The van der Waals surface area contributed by atoms with Crippen molar-refractivity contribution in [3.63, 3.8) is 0 Å². The molecule has 1 aliphatic heterocycles. The molecule has 144 valence electrons. The zero-order chi connectivity index (χ0) is 20.5. The molecule has 29 heavy (non-hydrogen) atoms. The van der Waals surface area contributed by atoms with Gasteiger partial charge in [-0.25, -0.2) is 4.98 Å². The highest BCUT2D eigenvalue weighted by atomic mass is 35.5. The Morgan fingerprint density at radius 2 is 1.66 bits per heavy atom. The van der Waals surface area contributed by atoms with E-state index in [0.29, 0.717) is 22.2 Å². The van der Waals surface area contributed by atoms with Gasteiger partial charge < -0.3 is 5.73 Å². The van der Waals surface area contributed by atoms with Gasteiger partial charge >= 0.3 is 0 Å². The van der Waals surface area contributed by atoms with Gasteiger partial charge in [0.2, 0.25) is 0 Å². The third-order valence-corrected chi connectivity index (χ3v) is 5.46. The molecule has 6 heteroatoms. The van der Waals surface area contributed by atoms with E-state index in [9.17, 15) is 5.26 Å². The lowest BCUT2D eigenvalue weighted by Crippen LogP contribution is -2.28. The SMILES string of the molecule is CN1C/C(=C/c2ccc(Cl)cc2)c2nc(N)c(C#N)c(-c3ccc(Cl)cc3)c2C1. The summed E-state index contributed by atoms with van der Waals surface area (Å²) in [6, 6.07) is 17.4. The average Bonchev–Trinajstić information content (AvgIpc) is 2.70. The normalized spacial score (nSPS) is 15.2. The number of hydrogen-bond donors (Lipinski definition) is 1. The van der Waals surface area contributed by atoms with E-state index in [1.54, 1.807) is 0 Å². The van der Waals surface area contributed by atoms with Crippen LogP contribution < -0.4 is 5.73 Å². The number of halogens is 2. The summed E-state index contributed by atoms with van der Waals surface area (Å²) in [5.41, 5.74) is 12.2. The highest BCUT2D eigenvalue weighted by Gasteiger charge is 2.26. The molecule has 4 rings (SSSR count). The number of fused-ring (bicyclic) bond motifs is 1. The number of nitriles is 1. The van der Waals surface area contributed by atoms with Gasteiger partial charge in [-0.1, -0.05) is 47.5 Å². The van der Waals surface area contributed by atoms with Crippen LogP contribution >= 0.6 is 23.2 Å². The number of anilines is 1. The number of nitrogens with zero attached hydrogens (tertiary/aromatic N) is 3. The minimum absolute atomic E-state index is 0.239. The van der Waals surface area contributed by atoms with E-state index < -0.39 is 0 Å². The van der Waals surface area contributed by atoms with Crippen LogP contribution in [-0.2, 0) is 6.54 Å². The van der Waals surface area contributed by atoms with E-state index >= 15 is 0 Å². The van der Waals surface area contributed by atoms with Crippen LogP contribution in [0.25, 0.3) is 22.8 Å². The summed E-state index contributed by atoms with van der Waals surface area (Å²) >= 11 is 12.1. The molecule has 0 unspecified atom stereocenters. The van der Waals surface area contributed by atoms with Gasteiger partial charge in [0.05, 0.1) is 5.69 Å². The number of pyridine rings is 1. The lowest BCUT2D eigenvalue weighted by molar-refractivity contribution is 0.358. The van der Waals surface area contributed by atoms with Gasteiger partial charge in [0, 0.05) is 34.3 Å². The van der Waals surface area contributed by atoms with Crippen molar-refractivity contribution in [1.82, 2.24) is 9.88 Å². The Balaban J connectivity index is 1.95. The fraction of sp³-hybridized carbons (Fsp3) is 0.130. The standard InChI is InChI=1S/C23H18Cl2N4/c1-29-12-16(10-14-2-6-17(24)7-3-14)22-20(13-29)21(19(11-26)23(27)28-22)15-4-8-18(25)9-5-15/h2-10H,12-13H2,1H3,(H2,27,28)/b16-10-. The summed E-state index contributed by atoms with van der Waals surface area (Å²) in [6.07, 6.45) is 2.09. The predicted octanol–water partition coefficient (Wildman–Crippen LogP) is 5.50. The van der Waals surface area contributed by atoms with Crippen molar-refractivity contribution in [1.29, 1.82) is 5.26 Å². The zero-order valence-corrected chi connectivity index (χ0v) is 17.3.